The van der Waals surface area contributed by atoms with Crippen LogP contribution in [0.15, 0.2) is 90.3 Å². The molecule has 0 aliphatic heterocycles. The topological polar surface area (TPSA) is 117 Å². The first-order chi connectivity index (χ1) is 16.7. The highest BCUT2D eigenvalue weighted by atomic mass is 35.5. The molecular weight excluding hydrogens is 490 g/mol. The summed E-state index contributed by atoms with van der Waals surface area (Å²) in [6.07, 6.45) is 1.44. The number of amides is 1. The molecule has 0 radical (unpaired) electrons. The number of ether oxygens (including phenoxy) is 1. The van der Waals surface area contributed by atoms with Gasteiger partial charge in [0.25, 0.3) is 15.9 Å². The molecule has 0 bridgehead atoms. The van der Waals surface area contributed by atoms with Crippen LogP contribution in [0.2, 0.25) is 5.02 Å². The van der Waals surface area contributed by atoms with Crippen LogP contribution < -0.4 is 9.62 Å². The smallest absolute Gasteiger partial charge is 0.338 e. The molecule has 0 heterocycles. The molecule has 0 aliphatic carbocycles. The number of benzene rings is 3. The maximum Gasteiger partial charge on any atom is 0.338 e. The summed E-state index contributed by atoms with van der Waals surface area (Å²) in [5, 5.41) is 11.9. The number of carbonyl (C=O) groups excluding carboxylic acids is 2. The van der Waals surface area contributed by atoms with Crippen molar-refractivity contribution < 1.29 is 22.7 Å². The summed E-state index contributed by atoms with van der Waals surface area (Å²) in [7, 11) is -4.06. The van der Waals surface area contributed by atoms with Crippen LogP contribution in [0.4, 0.5) is 11.4 Å². The monoisotopic (exact) mass is 509 g/mol. The van der Waals surface area contributed by atoms with Gasteiger partial charge in [-0.1, -0.05) is 29.8 Å². The highest BCUT2D eigenvalue weighted by Gasteiger charge is 2.25. The summed E-state index contributed by atoms with van der Waals surface area (Å²) in [4.78, 5) is 24.5. The number of carbonyl (C=O) groups is 2. The zero-order chi connectivity index (χ0) is 25.4. The molecule has 3 rings (SSSR count). The second-order valence-electron chi connectivity index (χ2n) is 7.15. The Morgan fingerprint density at radius 3 is 2.49 bits per heavy atom. The second kappa shape index (κ2) is 11.3. The number of hydrogen-bond donors (Lipinski definition) is 1. The first kappa shape index (κ1) is 25.5. The summed E-state index contributed by atoms with van der Waals surface area (Å²) >= 11 is 5.91. The van der Waals surface area contributed by atoms with Crippen LogP contribution in [0.1, 0.15) is 15.9 Å². The second-order valence-corrected chi connectivity index (χ2v) is 9.44. The van der Waals surface area contributed by atoms with E-state index in [-0.39, 0.29) is 17.0 Å². The maximum atomic E-state index is 13.3. The Hall–Kier alpha value is -4.13. The van der Waals surface area contributed by atoms with Gasteiger partial charge in [-0.3, -0.25) is 9.10 Å². The molecule has 0 spiro atoms. The van der Waals surface area contributed by atoms with E-state index in [4.69, 9.17) is 21.6 Å². The highest BCUT2D eigenvalue weighted by molar-refractivity contribution is 7.92. The van der Waals surface area contributed by atoms with E-state index in [0.29, 0.717) is 22.0 Å². The van der Waals surface area contributed by atoms with Gasteiger partial charge < -0.3 is 10.1 Å². The third-order valence-electron chi connectivity index (χ3n) is 4.68. The van der Waals surface area contributed by atoms with Crippen molar-refractivity contribution in [3.05, 3.63) is 102 Å². The van der Waals surface area contributed by atoms with Crippen LogP contribution in [0.25, 0.3) is 0 Å². The van der Waals surface area contributed by atoms with Gasteiger partial charge in [0.1, 0.15) is 0 Å². The van der Waals surface area contributed by atoms with Crippen LogP contribution in [0.3, 0.4) is 0 Å². The minimum absolute atomic E-state index is 0.00812. The molecule has 0 aromatic heterocycles. The maximum absolute atomic E-state index is 13.3. The molecule has 3 aromatic carbocycles. The lowest BCUT2D eigenvalue weighted by atomic mass is 10.2. The molecule has 0 atom stereocenters. The fourth-order valence-electron chi connectivity index (χ4n) is 3.06. The third-order valence-corrected chi connectivity index (χ3v) is 6.72. The molecule has 1 N–H and O–H groups in total. The Bertz CT molecular complexity index is 1400. The van der Waals surface area contributed by atoms with Crippen molar-refractivity contribution in [3.8, 4) is 6.07 Å². The van der Waals surface area contributed by atoms with Gasteiger partial charge in [-0.05, 0) is 60.7 Å². The summed E-state index contributed by atoms with van der Waals surface area (Å²) in [5.74, 6) is -1.48. The molecule has 8 nitrogen and oxygen atoms in total. The molecule has 178 valence electrons. The Balaban J connectivity index is 1.73. The lowest BCUT2D eigenvalue weighted by Crippen LogP contribution is -2.31. The summed E-state index contributed by atoms with van der Waals surface area (Å²) in [5.41, 5.74) is 1.07. The Kier molecular flexibility index (Phi) is 8.25. The summed E-state index contributed by atoms with van der Waals surface area (Å²) in [6, 6.07) is 19.8. The number of rotatable bonds is 9. The largest absolute Gasteiger partial charge is 0.452 e. The van der Waals surface area contributed by atoms with Crippen LogP contribution in [-0.4, -0.2) is 33.4 Å². The highest BCUT2D eigenvalue weighted by Crippen LogP contribution is 2.26. The average Bonchev–Trinajstić information content (AvgIpc) is 2.86. The summed E-state index contributed by atoms with van der Waals surface area (Å²) < 4.78 is 32.8. The van der Waals surface area contributed by atoms with Crippen LogP contribution in [0.5, 0.6) is 0 Å². The van der Waals surface area contributed by atoms with E-state index in [2.05, 4.69) is 11.9 Å². The molecular formula is C25H20ClN3O5S. The summed E-state index contributed by atoms with van der Waals surface area (Å²) in [6.45, 7) is 3.01. The third kappa shape index (κ3) is 6.47. The van der Waals surface area contributed by atoms with Gasteiger partial charge >= 0.3 is 5.97 Å². The van der Waals surface area contributed by atoms with E-state index in [0.717, 1.165) is 4.31 Å². The normalized spacial score (nSPS) is 10.6. The SMILES string of the molecule is C=CCN(c1ccc(Cl)cc1)S(=O)(=O)c1cccc(C(=O)OCC(=O)Nc2cccc(C#N)c2)c1. The number of nitrogens with one attached hydrogen (secondary N) is 1. The van der Waals surface area contributed by atoms with Crippen molar-refractivity contribution in [3.63, 3.8) is 0 Å². The van der Waals surface area contributed by atoms with E-state index in [1.165, 1.54) is 36.4 Å². The quantitative estimate of drug-likeness (QED) is 0.338. The number of nitrogens with zero attached hydrogens (tertiary/aromatic N) is 2. The van der Waals surface area contributed by atoms with Gasteiger partial charge in [0.05, 0.1) is 34.3 Å². The molecule has 3 aromatic rings. The van der Waals surface area contributed by atoms with Gasteiger partial charge in [0.15, 0.2) is 6.61 Å². The van der Waals surface area contributed by atoms with E-state index in [1.807, 2.05) is 6.07 Å². The zero-order valence-electron chi connectivity index (χ0n) is 18.3. The molecule has 0 fully saturated rings. The molecule has 35 heavy (non-hydrogen) atoms. The Morgan fingerprint density at radius 2 is 1.80 bits per heavy atom. The van der Waals surface area contributed by atoms with Crippen LogP contribution >= 0.6 is 11.6 Å². The number of sulfonamides is 1. The van der Waals surface area contributed by atoms with Gasteiger partial charge in [0.2, 0.25) is 0 Å². The molecule has 0 saturated heterocycles. The van der Waals surface area contributed by atoms with Crippen LogP contribution in [0, 0.1) is 11.3 Å². The molecule has 0 unspecified atom stereocenters. The Morgan fingerprint density at radius 1 is 1.09 bits per heavy atom. The predicted octanol–water partition coefficient (Wildman–Crippen LogP) is 4.39. The zero-order valence-corrected chi connectivity index (χ0v) is 19.9. The van der Waals surface area contributed by atoms with E-state index in [1.54, 1.807) is 42.5 Å². The van der Waals surface area contributed by atoms with E-state index >= 15 is 0 Å². The molecule has 1 amide bonds. The van der Waals surface area contributed by atoms with Crippen molar-refractivity contribution in [1.82, 2.24) is 0 Å². The van der Waals surface area contributed by atoms with Gasteiger partial charge in [-0.25, -0.2) is 13.2 Å². The lowest BCUT2D eigenvalue weighted by molar-refractivity contribution is -0.119. The van der Waals surface area contributed by atoms with E-state index in [9.17, 15) is 18.0 Å². The number of nitriles is 1. The van der Waals surface area contributed by atoms with E-state index < -0.39 is 28.5 Å². The first-order valence-electron chi connectivity index (χ1n) is 10.2. The Labute approximate surface area is 208 Å². The van der Waals surface area contributed by atoms with Crippen LogP contribution in [-0.2, 0) is 19.6 Å². The minimum Gasteiger partial charge on any atom is -0.452 e. The standard InChI is InChI=1S/C25H20ClN3O5S/c1-2-13-29(22-11-9-20(26)10-12-22)35(32,33)23-8-4-6-19(15-23)25(31)34-17-24(30)28-21-7-3-5-18(14-21)16-27/h2-12,14-15H,1,13,17H2,(H,28,30). The fraction of sp³-hybridized carbons (Fsp3) is 0.0800. The molecule has 0 aliphatic rings. The van der Waals surface area contributed by atoms with Gasteiger partial charge in [-0.2, -0.15) is 5.26 Å². The number of hydrogen-bond acceptors (Lipinski definition) is 6. The van der Waals surface area contributed by atoms with Crippen molar-refractivity contribution in [2.75, 3.05) is 22.8 Å². The van der Waals surface area contributed by atoms with Crippen molar-refractivity contribution in [2.45, 2.75) is 4.90 Å². The lowest BCUT2D eigenvalue weighted by Gasteiger charge is -2.23. The number of esters is 1. The van der Waals surface area contributed by atoms with Gasteiger partial charge in [-0.15, -0.1) is 6.58 Å². The van der Waals surface area contributed by atoms with Crippen molar-refractivity contribution in [1.29, 1.82) is 5.26 Å². The van der Waals surface area contributed by atoms with Crippen molar-refractivity contribution in [2.24, 2.45) is 0 Å². The van der Waals surface area contributed by atoms with Gasteiger partial charge in [0, 0.05) is 10.7 Å². The van der Waals surface area contributed by atoms with Crippen molar-refractivity contribution >= 4 is 44.9 Å². The molecule has 0 saturated carbocycles. The number of anilines is 2. The molecule has 10 heteroatoms. The first-order valence-corrected chi connectivity index (χ1v) is 12.0. The number of halogens is 1. The minimum atomic E-state index is -4.06. The fourth-order valence-corrected chi connectivity index (χ4v) is 4.66. The predicted molar refractivity (Wildman–Crippen MR) is 133 cm³/mol. The average molecular weight is 510 g/mol.